The molecule has 0 radical (unpaired) electrons. The van der Waals surface area contributed by atoms with Gasteiger partial charge in [0.15, 0.2) is 0 Å². The molecule has 0 aromatic carbocycles. The number of rotatable bonds is 6. The Balaban J connectivity index is 4.19. The van der Waals surface area contributed by atoms with Gasteiger partial charge in [-0.2, -0.15) is 0 Å². The summed E-state index contributed by atoms with van der Waals surface area (Å²) in [5.41, 5.74) is 5.26. The Kier molecular flexibility index (Phi) is 6.07. The number of carbonyl (C=O) groups is 2. The van der Waals surface area contributed by atoms with Crippen molar-refractivity contribution in [2.45, 2.75) is 19.4 Å². The van der Waals surface area contributed by atoms with Gasteiger partial charge in [0, 0.05) is 19.5 Å². The summed E-state index contributed by atoms with van der Waals surface area (Å²) in [5.74, 6) is -0.137. The number of likely N-dealkylation sites (N-methyl/N-ethyl adjacent to an activating group) is 1. The van der Waals surface area contributed by atoms with Crippen LogP contribution in [0, 0.1) is 0 Å². The average Bonchev–Trinajstić information content (AvgIpc) is 2.09. The number of Topliss-reactive ketones (excluding diaryl/α,β-unsaturated/α-hetero) is 1. The zero-order valence-electron chi connectivity index (χ0n) is 9.04. The van der Waals surface area contributed by atoms with Crippen molar-refractivity contribution in [2.75, 3.05) is 27.2 Å². The molecular weight excluding hydrogens is 182 g/mol. The largest absolute Gasteiger partial charge is 0.353 e. The van der Waals surface area contributed by atoms with Crippen molar-refractivity contribution in [3.05, 3.63) is 0 Å². The maximum absolute atomic E-state index is 11.5. The van der Waals surface area contributed by atoms with E-state index in [0.29, 0.717) is 13.1 Å². The molecule has 82 valence electrons. The molecule has 0 aliphatic rings. The normalized spacial score (nSPS) is 12.6. The molecule has 0 unspecified atom stereocenters. The summed E-state index contributed by atoms with van der Waals surface area (Å²) in [6, 6.07) is -0.390. The minimum absolute atomic E-state index is 0.00611. The molecule has 0 fully saturated rings. The van der Waals surface area contributed by atoms with Gasteiger partial charge in [-0.05, 0) is 21.0 Å². The van der Waals surface area contributed by atoms with E-state index >= 15 is 0 Å². The second kappa shape index (κ2) is 6.50. The van der Waals surface area contributed by atoms with Crippen molar-refractivity contribution in [3.8, 4) is 0 Å². The third-order valence-corrected chi connectivity index (χ3v) is 1.85. The molecule has 0 aliphatic heterocycles. The Hall–Kier alpha value is -0.940. The molecule has 0 spiro atoms. The average molecular weight is 201 g/mol. The number of carbonyl (C=O) groups excluding carboxylic acids is 2. The van der Waals surface area contributed by atoms with Gasteiger partial charge >= 0.3 is 0 Å². The van der Waals surface area contributed by atoms with E-state index in [1.807, 2.05) is 0 Å². The van der Waals surface area contributed by atoms with E-state index in [-0.39, 0.29) is 24.2 Å². The third kappa shape index (κ3) is 4.94. The molecule has 5 nitrogen and oxygen atoms in total. The first-order chi connectivity index (χ1) is 6.49. The lowest BCUT2D eigenvalue weighted by Crippen LogP contribution is -2.45. The molecule has 0 aliphatic carbocycles. The maximum atomic E-state index is 11.5. The van der Waals surface area contributed by atoms with Crippen LogP contribution in [0.4, 0.5) is 0 Å². The number of nitrogens with zero attached hydrogens (tertiary/aromatic N) is 1. The standard InChI is InChI=1S/C9H19N3O2/c1-7(13)6-8(12(2)3)9(14)11-5-4-10/h8H,4-6,10H2,1-3H3,(H,11,14)/t8-/m0/s1. The Morgan fingerprint density at radius 1 is 1.43 bits per heavy atom. The zero-order chi connectivity index (χ0) is 11.1. The first-order valence-electron chi connectivity index (χ1n) is 4.62. The molecule has 0 aromatic heterocycles. The monoisotopic (exact) mass is 201 g/mol. The van der Waals surface area contributed by atoms with E-state index in [1.165, 1.54) is 6.92 Å². The topological polar surface area (TPSA) is 75.4 Å². The van der Waals surface area contributed by atoms with Crippen molar-refractivity contribution in [3.63, 3.8) is 0 Å². The van der Waals surface area contributed by atoms with Crippen LogP contribution in [0.3, 0.4) is 0 Å². The van der Waals surface area contributed by atoms with Crippen molar-refractivity contribution < 1.29 is 9.59 Å². The molecule has 1 amide bonds. The van der Waals surface area contributed by atoms with E-state index in [1.54, 1.807) is 19.0 Å². The summed E-state index contributed by atoms with van der Waals surface area (Å²) in [7, 11) is 3.55. The number of hydrogen-bond donors (Lipinski definition) is 2. The fraction of sp³-hybridized carbons (Fsp3) is 0.778. The molecule has 0 saturated carbocycles. The van der Waals surface area contributed by atoms with Crippen LogP contribution in [0.2, 0.25) is 0 Å². The Labute approximate surface area is 84.6 Å². The van der Waals surface area contributed by atoms with Crippen LogP contribution in [0.15, 0.2) is 0 Å². The summed E-state index contributed by atoms with van der Waals surface area (Å²) < 4.78 is 0. The van der Waals surface area contributed by atoms with Crippen LogP contribution in [0.1, 0.15) is 13.3 Å². The first-order valence-corrected chi connectivity index (χ1v) is 4.62. The van der Waals surface area contributed by atoms with Gasteiger partial charge in [-0.1, -0.05) is 0 Å². The smallest absolute Gasteiger partial charge is 0.237 e. The minimum atomic E-state index is -0.390. The predicted octanol–water partition coefficient (Wildman–Crippen LogP) is -1.03. The number of amides is 1. The van der Waals surface area contributed by atoms with Crippen LogP contribution in [-0.4, -0.2) is 49.8 Å². The highest BCUT2D eigenvalue weighted by molar-refractivity contribution is 5.88. The highest BCUT2D eigenvalue weighted by atomic mass is 16.2. The Morgan fingerprint density at radius 3 is 2.36 bits per heavy atom. The van der Waals surface area contributed by atoms with Gasteiger partial charge in [0.1, 0.15) is 5.78 Å². The number of nitrogens with two attached hydrogens (primary N) is 1. The van der Waals surface area contributed by atoms with Crippen molar-refractivity contribution >= 4 is 11.7 Å². The lowest BCUT2D eigenvalue weighted by Gasteiger charge is -2.22. The molecule has 3 N–H and O–H groups in total. The molecule has 1 atom stereocenters. The molecule has 0 rings (SSSR count). The molecule has 5 heteroatoms. The second-order valence-corrected chi connectivity index (χ2v) is 3.47. The van der Waals surface area contributed by atoms with Gasteiger partial charge in [0.05, 0.1) is 6.04 Å². The molecule has 0 heterocycles. The van der Waals surface area contributed by atoms with E-state index in [4.69, 9.17) is 5.73 Å². The van der Waals surface area contributed by atoms with Crippen LogP contribution >= 0.6 is 0 Å². The number of nitrogens with one attached hydrogen (secondary N) is 1. The summed E-state index contributed by atoms with van der Waals surface area (Å²) in [5, 5.41) is 2.66. The number of ketones is 1. The van der Waals surface area contributed by atoms with Gasteiger partial charge < -0.3 is 11.1 Å². The fourth-order valence-electron chi connectivity index (χ4n) is 1.10. The van der Waals surface area contributed by atoms with Crippen LogP contribution in [0.25, 0.3) is 0 Å². The Morgan fingerprint density at radius 2 is 2.00 bits per heavy atom. The molecule has 0 saturated heterocycles. The van der Waals surface area contributed by atoms with Gasteiger partial charge in [-0.3, -0.25) is 14.5 Å². The summed E-state index contributed by atoms with van der Waals surface area (Å²) in [4.78, 5) is 24.2. The fourth-order valence-corrected chi connectivity index (χ4v) is 1.10. The van der Waals surface area contributed by atoms with E-state index in [9.17, 15) is 9.59 Å². The summed E-state index contributed by atoms with van der Waals surface area (Å²) in [6.45, 7) is 2.33. The maximum Gasteiger partial charge on any atom is 0.237 e. The lowest BCUT2D eigenvalue weighted by atomic mass is 10.1. The summed E-state index contributed by atoms with van der Waals surface area (Å²) in [6.07, 6.45) is 0.239. The van der Waals surface area contributed by atoms with E-state index in [0.717, 1.165) is 0 Å². The quantitative estimate of drug-likeness (QED) is 0.576. The van der Waals surface area contributed by atoms with Crippen molar-refractivity contribution in [1.82, 2.24) is 10.2 Å². The van der Waals surface area contributed by atoms with Crippen molar-refractivity contribution in [1.29, 1.82) is 0 Å². The van der Waals surface area contributed by atoms with E-state index in [2.05, 4.69) is 5.32 Å². The molecule has 0 aromatic rings. The predicted molar refractivity (Wildman–Crippen MR) is 54.8 cm³/mol. The van der Waals surface area contributed by atoms with Crippen molar-refractivity contribution in [2.24, 2.45) is 5.73 Å². The summed E-state index contributed by atoms with van der Waals surface area (Å²) >= 11 is 0. The second-order valence-electron chi connectivity index (χ2n) is 3.47. The zero-order valence-corrected chi connectivity index (χ0v) is 9.04. The highest BCUT2D eigenvalue weighted by Crippen LogP contribution is 2.00. The van der Waals surface area contributed by atoms with Crippen LogP contribution < -0.4 is 11.1 Å². The lowest BCUT2D eigenvalue weighted by molar-refractivity contribution is -0.129. The van der Waals surface area contributed by atoms with Gasteiger partial charge in [0.25, 0.3) is 0 Å². The van der Waals surface area contributed by atoms with Crippen LogP contribution in [0.5, 0.6) is 0 Å². The first kappa shape index (κ1) is 13.1. The van der Waals surface area contributed by atoms with Gasteiger partial charge in [0.2, 0.25) is 5.91 Å². The van der Waals surface area contributed by atoms with Crippen LogP contribution in [-0.2, 0) is 9.59 Å². The molecule has 14 heavy (non-hydrogen) atoms. The van der Waals surface area contributed by atoms with Gasteiger partial charge in [-0.25, -0.2) is 0 Å². The SMILES string of the molecule is CC(=O)C[C@@H](C(=O)NCCN)N(C)C. The molecular formula is C9H19N3O2. The van der Waals surface area contributed by atoms with E-state index < -0.39 is 0 Å². The Bertz CT molecular complexity index is 204. The van der Waals surface area contributed by atoms with Gasteiger partial charge in [-0.15, -0.1) is 0 Å². The molecule has 0 bridgehead atoms. The minimum Gasteiger partial charge on any atom is -0.353 e. The third-order valence-electron chi connectivity index (χ3n) is 1.85. The number of hydrogen-bond acceptors (Lipinski definition) is 4. The highest BCUT2D eigenvalue weighted by Gasteiger charge is 2.21.